The summed E-state index contributed by atoms with van der Waals surface area (Å²) < 4.78 is 5.55. The summed E-state index contributed by atoms with van der Waals surface area (Å²) in [5.41, 5.74) is 1.20. The van der Waals surface area contributed by atoms with Gasteiger partial charge in [0.2, 0.25) is 5.89 Å². The highest BCUT2D eigenvalue weighted by Gasteiger charge is 2.90. The molecule has 7 rings (SSSR count). The van der Waals surface area contributed by atoms with Gasteiger partial charge in [0.1, 0.15) is 11.4 Å². The average molecular weight is 387 g/mol. The van der Waals surface area contributed by atoms with Crippen LogP contribution in [-0.2, 0) is 11.2 Å². The van der Waals surface area contributed by atoms with E-state index < -0.39 is 11.4 Å². The minimum atomic E-state index is -0.884. The third-order valence-corrected chi connectivity index (χ3v) is 6.29. The van der Waals surface area contributed by atoms with E-state index in [2.05, 4.69) is 20.5 Å². The highest BCUT2D eigenvalue weighted by Crippen LogP contribution is 2.82. The van der Waals surface area contributed by atoms with Gasteiger partial charge in [0.15, 0.2) is 0 Å². The predicted octanol–water partition coefficient (Wildman–Crippen LogP) is 1.54. The molecule has 4 aliphatic rings. The summed E-state index contributed by atoms with van der Waals surface area (Å²) >= 11 is 0. The number of hydrogen-bond donors (Lipinski definition) is 1. The summed E-state index contributed by atoms with van der Waals surface area (Å²) in [4.78, 5) is 31.8. The van der Waals surface area contributed by atoms with Crippen LogP contribution in [0.3, 0.4) is 0 Å². The standard InChI is InChI=1S/C21H17N5O3/c1-26-17-12(8-5-9-22-17)14-15-16(14)21(15,20(26)28)23-18(27)19-25-24-13(29-19)10-11-6-3-2-4-7-11/h2-9,14-16H,10H2,1H3,(H,23,27)/t14?,15-,16?,21?/m1/s1. The van der Waals surface area contributed by atoms with Crippen molar-refractivity contribution in [2.45, 2.75) is 17.9 Å². The van der Waals surface area contributed by atoms with Gasteiger partial charge in [-0.15, -0.1) is 10.2 Å². The molecule has 2 aliphatic heterocycles. The lowest BCUT2D eigenvalue weighted by molar-refractivity contribution is -0.122. The lowest BCUT2D eigenvalue weighted by atomic mass is 9.93. The second kappa shape index (κ2) is 5.50. The molecule has 2 bridgehead atoms. The van der Waals surface area contributed by atoms with Gasteiger partial charge in [0.05, 0.1) is 6.42 Å². The van der Waals surface area contributed by atoms with Crippen LogP contribution in [-0.4, -0.2) is 39.6 Å². The van der Waals surface area contributed by atoms with E-state index >= 15 is 0 Å². The molecule has 0 saturated heterocycles. The Hall–Kier alpha value is -3.55. The molecule has 8 nitrogen and oxygen atoms in total. The fourth-order valence-corrected chi connectivity index (χ4v) is 4.85. The van der Waals surface area contributed by atoms with Crippen LogP contribution < -0.4 is 10.2 Å². The Bertz CT molecular complexity index is 1150. The molecular weight excluding hydrogens is 370 g/mol. The number of rotatable bonds is 4. The molecular formula is C21H17N5O3. The van der Waals surface area contributed by atoms with Gasteiger partial charge < -0.3 is 9.73 Å². The average Bonchev–Trinajstić information content (AvgIpc) is 3.60. The van der Waals surface area contributed by atoms with Gasteiger partial charge in [0, 0.05) is 25.1 Å². The normalized spacial score (nSPS) is 28.2. The minimum absolute atomic E-state index is 0.110. The summed E-state index contributed by atoms with van der Waals surface area (Å²) in [6, 6.07) is 13.6. The van der Waals surface area contributed by atoms with Crippen molar-refractivity contribution in [3.05, 3.63) is 71.6 Å². The number of benzene rings is 1. The molecule has 4 heterocycles. The fraction of sp³-hybridized carbons (Fsp3) is 0.286. The highest BCUT2D eigenvalue weighted by molar-refractivity contribution is 6.10. The van der Waals surface area contributed by atoms with Crippen molar-refractivity contribution in [3.8, 4) is 0 Å². The maximum Gasteiger partial charge on any atom is 0.309 e. The Kier molecular flexibility index (Phi) is 3.11. The molecule has 0 radical (unpaired) electrons. The number of nitrogens with one attached hydrogen (secondary N) is 1. The van der Waals surface area contributed by atoms with Gasteiger partial charge in [-0.25, -0.2) is 4.98 Å². The topological polar surface area (TPSA) is 101 Å². The smallest absolute Gasteiger partial charge is 0.309 e. The summed E-state index contributed by atoms with van der Waals surface area (Å²) in [7, 11) is 1.70. The van der Waals surface area contributed by atoms with E-state index in [4.69, 9.17) is 4.42 Å². The zero-order valence-corrected chi connectivity index (χ0v) is 15.6. The van der Waals surface area contributed by atoms with Gasteiger partial charge in [-0.05, 0) is 23.1 Å². The molecule has 2 fully saturated rings. The summed E-state index contributed by atoms with van der Waals surface area (Å²) in [6.07, 6.45) is 2.13. The largest absolute Gasteiger partial charge is 0.417 e. The number of carbonyl (C=O) groups excluding carboxylic acids is 2. The first-order valence-electron chi connectivity index (χ1n) is 9.53. The van der Waals surface area contributed by atoms with Crippen molar-refractivity contribution >= 4 is 17.6 Å². The second-order valence-corrected chi connectivity index (χ2v) is 7.84. The zero-order valence-electron chi connectivity index (χ0n) is 15.6. The van der Waals surface area contributed by atoms with Crippen molar-refractivity contribution in [1.29, 1.82) is 0 Å². The molecule has 1 aromatic carbocycles. The van der Waals surface area contributed by atoms with Crippen LogP contribution in [0.15, 0.2) is 53.1 Å². The molecule has 3 aromatic rings. The Morgan fingerprint density at radius 1 is 1.17 bits per heavy atom. The predicted molar refractivity (Wildman–Crippen MR) is 101 cm³/mol. The number of likely N-dealkylation sites (N-methyl/N-ethyl adjacent to an activating group) is 1. The Morgan fingerprint density at radius 2 is 1.97 bits per heavy atom. The van der Waals surface area contributed by atoms with E-state index in [1.807, 2.05) is 42.5 Å². The number of pyridine rings is 1. The first-order valence-corrected chi connectivity index (χ1v) is 9.53. The number of fused-ring (bicyclic) bond motifs is 1. The number of amides is 2. The molecule has 3 unspecified atom stereocenters. The molecule has 1 N–H and O–H groups in total. The fourth-order valence-electron chi connectivity index (χ4n) is 4.85. The molecule has 2 aromatic heterocycles. The van der Waals surface area contributed by atoms with E-state index in [9.17, 15) is 9.59 Å². The molecule has 2 amide bonds. The summed E-state index contributed by atoms with van der Waals surface area (Å²) in [5, 5.41) is 10.7. The minimum Gasteiger partial charge on any atom is -0.417 e. The molecule has 2 saturated carbocycles. The van der Waals surface area contributed by atoms with E-state index in [1.165, 1.54) is 0 Å². The van der Waals surface area contributed by atoms with Gasteiger partial charge >= 0.3 is 11.8 Å². The van der Waals surface area contributed by atoms with Crippen molar-refractivity contribution in [2.75, 3.05) is 11.9 Å². The first-order chi connectivity index (χ1) is 14.1. The van der Waals surface area contributed by atoms with Crippen molar-refractivity contribution < 1.29 is 14.0 Å². The maximum atomic E-state index is 13.1. The van der Waals surface area contributed by atoms with E-state index in [0.29, 0.717) is 18.1 Å². The van der Waals surface area contributed by atoms with Gasteiger partial charge in [-0.3, -0.25) is 14.5 Å². The SMILES string of the molecule is CN1C(=O)C2(NC(=O)c3nnc(Cc4ccccc4)o3)C3C(c4cccnc41)[C@H]32. The van der Waals surface area contributed by atoms with Crippen LogP contribution in [0.5, 0.6) is 0 Å². The Labute approximate surface area is 166 Å². The molecule has 4 atom stereocenters. The zero-order chi connectivity index (χ0) is 19.8. The molecule has 8 heteroatoms. The van der Waals surface area contributed by atoms with Gasteiger partial charge in [0.25, 0.3) is 5.91 Å². The summed E-state index contributed by atoms with van der Waals surface area (Å²) in [6.45, 7) is 0. The van der Waals surface area contributed by atoms with Gasteiger partial charge in [-0.1, -0.05) is 36.4 Å². The maximum absolute atomic E-state index is 13.1. The van der Waals surface area contributed by atoms with Crippen molar-refractivity contribution in [3.63, 3.8) is 0 Å². The number of nitrogens with zero attached hydrogens (tertiary/aromatic N) is 4. The molecule has 2 aliphatic carbocycles. The number of carbonyl (C=O) groups is 2. The highest BCUT2D eigenvalue weighted by atomic mass is 16.4. The van der Waals surface area contributed by atoms with Crippen LogP contribution in [0.1, 0.15) is 33.6 Å². The van der Waals surface area contributed by atoms with Gasteiger partial charge in [-0.2, -0.15) is 0 Å². The number of hydrogen-bond acceptors (Lipinski definition) is 6. The number of anilines is 1. The van der Waals surface area contributed by atoms with E-state index in [-0.39, 0.29) is 29.6 Å². The van der Waals surface area contributed by atoms with E-state index in [1.54, 1.807) is 18.1 Å². The lowest BCUT2D eigenvalue weighted by Gasteiger charge is -2.25. The number of aromatic nitrogens is 3. The quantitative estimate of drug-likeness (QED) is 0.729. The summed E-state index contributed by atoms with van der Waals surface area (Å²) in [5.74, 6) is 0.747. The van der Waals surface area contributed by atoms with Crippen LogP contribution in [0.25, 0.3) is 0 Å². The lowest BCUT2D eigenvalue weighted by Crippen LogP contribution is -2.54. The van der Waals surface area contributed by atoms with Crippen LogP contribution in [0.4, 0.5) is 5.82 Å². The van der Waals surface area contributed by atoms with Crippen molar-refractivity contribution in [1.82, 2.24) is 20.5 Å². The molecule has 0 spiro atoms. The Balaban J connectivity index is 1.22. The van der Waals surface area contributed by atoms with Crippen molar-refractivity contribution in [2.24, 2.45) is 11.8 Å². The molecule has 144 valence electrons. The van der Waals surface area contributed by atoms with Crippen LogP contribution in [0, 0.1) is 11.8 Å². The first kappa shape index (κ1) is 16.4. The monoisotopic (exact) mass is 387 g/mol. The third-order valence-electron chi connectivity index (χ3n) is 6.29. The molecule has 29 heavy (non-hydrogen) atoms. The van der Waals surface area contributed by atoms with E-state index in [0.717, 1.165) is 11.1 Å². The second-order valence-electron chi connectivity index (χ2n) is 7.84. The Morgan fingerprint density at radius 3 is 2.76 bits per heavy atom. The van der Waals surface area contributed by atoms with Crippen LogP contribution >= 0.6 is 0 Å². The third kappa shape index (κ3) is 2.16. The van der Waals surface area contributed by atoms with Crippen LogP contribution in [0.2, 0.25) is 0 Å².